The molecule has 15 heavy (non-hydrogen) atoms. The molecule has 2 aliphatic carbocycles. The van der Waals surface area contributed by atoms with Crippen molar-refractivity contribution in [3.63, 3.8) is 0 Å². The van der Waals surface area contributed by atoms with Gasteiger partial charge in [-0.05, 0) is 44.1 Å². The quantitative estimate of drug-likeness (QED) is 0.648. The third-order valence-corrected chi connectivity index (χ3v) is 3.42. The topological polar surface area (TPSA) is 20.2 Å². The van der Waals surface area contributed by atoms with E-state index in [1.807, 2.05) is 0 Å². The van der Waals surface area contributed by atoms with Crippen molar-refractivity contribution in [2.45, 2.75) is 38.7 Å². The van der Waals surface area contributed by atoms with Crippen LogP contribution in [0.1, 0.15) is 32.6 Å². The van der Waals surface area contributed by atoms with Crippen LogP contribution in [0, 0.1) is 23.7 Å². The molecule has 80 valence electrons. The fourth-order valence-electron chi connectivity index (χ4n) is 2.55. The van der Waals surface area contributed by atoms with Crippen LogP contribution in [-0.4, -0.2) is 11.2 Å². The van der Waals surface area contributed by atoms with Gasteiger partial charge in [-0.3, -0.25) is 0 Å². The SMILES string of the molecule is CC#C[C@@H](O)[C@H]1C=C2C=CCC[C@@H]2CC1. The highest BCUT2D eigenvalue weighted by Gasteiger charge is 2.25. The summed E-state index contributed by atoms with van der Waals surface area (Å²) in [5.74, 6) is 6.62. The normalized spacial score (nSPS) is 30.9. The average Bonchev–Trinajstić information content (AvgIpc) is 2.29. The summed E-state index contributed by atoms with van der Waals surface area (Å²) in [5.41, 5.74) is 1.43. The van der Waals surface area contributed by atoms with E-state index < -0.39 is 6.10 Å². The van der Waals surface area contributed by atoms with Crippen molar-refractivity contribution in [3.8, 4) is 11.8 Å². The summed E-state index contributed by atoms with van der Waals surface area (Å²) in [7, 11) is 0. The smallest absolute Gasteiger partial charge is 0.120 e. The van der Waals surface area contributed by atoms with Crippen LogP contribution in [0.3, 0.4) is 0 Å². The van der Waals surface area contributed by atoms with Crippen LogP contribution in [0.5, 0.6) is 0 Å². The number of rotatable bonds is 1. The summed E-state index contributed by atoms with van der Waals surface area (Å²) < 4.78 is 0. The lowest BCUT2D eigenvalue weighted by molar-refractivity contribution is 0.170. The van der Waals surface area contributed by atoms with Gasteiger partial charge in [0.2, 0.25) is 0 Å². The molecule has 2 rings (SSSR count). The van der Waals surface area contributed by atoms with Crippen molar-refractivity contribution in [2.75, 3.05) is 0 Å². The molecule has 0 unspecified atom stereocenters. The van der Waals surface area contributed by atoms with Crippen molar-refractivity contribution in [3.05, 3.63) is 23.8 Å². The molecule has 3 atom stereocenters. The lowest BCUT2D eigenvalue weighted by Crippen LogP contribution is -2.23. The molecule has 0 saturated heterocycles. The fourth-order valence-corrected chi connectivity index (χ4v) is 2.55. The molecular formula is C14H18O. The van der Waals surface area contributed by atoms with Crippen LogP contribution < -0.4 is 0 Å². The monoisotopic (exact) mass is 202 g/mol. The zero-order valence-corrected chi connectivity index (χ0v) is 9.24. The molecule has 0 aromatic rings. The minimum Gasteiger partial charge on any atom is -0.380 e. The van der Waals surface area contributed by atoms with E-state index in [-0.39, 0.29) is 5.92 Å². The minimum atomic E-state index is -0.473. The van der Waals surface area contributed by atoms with Crippen molar-refractivity contribution < 1.29 is 5.11 Å². The maximum Gasteiger partial charge on any atom is 0.120 e. The van der Waals surface area contributed by atoms with E-state index in [0.29, 0.717) is 0 Å². The summed E-state index contributed by atoms with van der Waals surface area (Å²) >= 11 is 0. The minimum absolute atomic E-state index is 0.242. The molecular weight excluding hydrogens is 184 g/mol. The fraction of sp³-hybridized carbons (Fsp3) is 0.571. The second-order valence-corrected chi connectivity index (χ2v) is 4.42. The van der Waals surface area contributed by atoms with E-state index in [2.05, 4.69) is 30.1 Å². The van der Waals surface area contributed by atoms with Gasteiger partial charge in [-0.15, -0.1) is 5.92 Å². The van der Waals surface area contributed by atoms with Gasteiger partial charge in [-0.25, -0.2) is 0 Å². The van der Waals surface area contributed by atoms with E-state index in [1.54, 1.807) is 6.92 Å². The maximum atomic E-state index is 9.82. The number of hydrogen-bond acceptors (Lipinski definition) is 1. The first-order chi connectivity index (χ1) is 7.31. The van der Waals surface area contributed by atoms with Gasteiger partial charge in [0.15, 0.2) is 0 Å². The Labute approximate surface area is 91.9 Å². The Morgan fingerprint density at radius 2 is 2.27 bits per heavy atom. The average molecular weight is 202 g/mol. The van der Waals surface area contributed by atoms with E-state index >= 15 is 0 Å². The number of aliphatic hydroxyl groups is 1. The molecule has 1 N–H and O–H groups in total. The molecule has 0 heterocycles. The summed E-state index contributed by atoms with van der Waals surface area (Å²) in [6, 6.07) is 0. The second-order valence-electron chi connectivity index (χ2n) is 4.42. The van der Waals surface area contributed by atoms with E-state index in [1.165, 1.54) is 24.8 Å². The van der Waals surface area contributed by atoms with Gasteiger partial charge in [-0.1, -0.05) is 24.1 Å². The Hall–Kier alpha value is -1.00. The first-order valence-corrected chi connectivity index (χ1v) is 5.80. The van der Waals surface area contributed by atoms with Gasteiger partial charge in [0, 0.05) is 5.92 Å². The highest BCUT2D eigenvalue weighted by molar-refractivity contribution is 5.28. The van der Waals surface area contributed by atoms with E-state index in [4.69, 9.17) is 0 Å². The molecule has 0 saturated carbocycles. The van der Waals surface area contributed by atoms with Crippen LogP contribution in [0.4, 0.5) is 0 Å². The number of allylic oxidation sites excluding steroid dienone is 3. The van der Waals surface area contributed by atoms with Crippen molar-refractivity contribution >= 4 is 0 Å². The zero-order valence-electron chi connectivity index (χ0n) is 9.24. The Morgan fingerprint density at radius 1 is 1.40 bits per heavy atom. The third kappa shape index (κ3) is 2.33. The molecule has 1 nitrogen and oxygen atoms in total. The first kappa shape index (κ1) is 10.5. The molecule has 0 aromatic heterocycles. The van der Waals surface area contributed by atoms with Crippen molar-refractivity contribution in [1.29, 1.82) is 0 Å². The molecule has 2 aliphatic rings. The zero-order chi connectivity index (χ0) is 10.7. The summed E-state index contributed by atoms with van der Waals surface area (Å²) in [4.78, 5) is 0. The standard InChI is InChI=1S/C14H18O/c1-2-5-14(15)13-9-8-11-6-3-4-7-12(11)10-13/h4,7,10-11,13-15H,3,6,8-9H2,1H3/t11-,13-,14-/m1/s1. The van der Waals surface area contributed by atoms with Crippen molar-refractivity contribution in [2.24, 2.45) is 11.8 Å². The first-order valence-electron chi connectivity index (χ1n) is 5.80. The van der Waals surface area contributed by atoms with Gasteiger partial charge >= 0.3 is 0 Å². The van der Waals surface area contributed by atoms with Gasteiger partial charge in [0.1, 0.15) is 6.10 Å². The summed E-state index contributed by atoms with van der Waals surface area (Å²) in [6.07, 6.45) is 11.0. The molecule has 0 amide bonds. The van der Waals surface area contributed by atoms with Crippen LogP contribution in [-0.2, 0) is 0 Å². The van der Waals surface area contributed by atoms with E-state index in [9.17, 15) is 5.11 Å². The van der Waals surface area contributed by atoms with Gasteiger partial charge in [-0.2, -0.15) is 0 Å². The molecule has 0 fully saturated rings. The van der Waals surface area contributed by atoms with Crippen LogP contribution >= 0.6 is 0 Å². The van der Waals surface area contributed by atoms with Gasteiger partial charge in [0.25, 0.3) is 0 Å². The highest BCUT2D eigenvalue weighted by Crippen LogP contribution is 2.36. The third-order valence-electron chi connectivity index (χ3n) is 3.42. The lowest BCUT2D eigenvalue weighted by atomic mass is 9.76. The second kappa shape index (κ2) is 4.68. The molecule has 1 heteroatoms. The summed E-state index contributed by atoms with van der Waals surface area (Å²) in [6.45, 7) is 1.78. The van der Waals surface area contributed by atoms with Gasteiger partial charge < -0.3 is 5.11 Å². The number of hydrogen-bond donors (Lipinski definition) is 1. The predicted molar refractivity (Wildman–Crippen MR) is 62.1 cm³/mol. The Kier molecular flexibility index (Phi) is 3.28. The number of fused-ring (bicyclic) bond motifs is 1. The Morgan fingerprint density at radius 3 is 3.07 bits per heavy atom. The molecule has 0 bridgehead atoms. The van der Waals surface area contributed by atoms with Crippen molar-refractivity contribution in [1.82, 2.24) is 0 Å². The maximum absolute atomic E-state index is 9.82. The van der Waals surface area contributed by atoms with Crippen LogP contribution in [0.25, 0.3) is 0 Å². The Balaban J connectivity index is 2.13. The van der Waals surface area contributed by atoms with Crippen LogP contribution in [0.2, 0.25) is 0 Å². The largest absolute Gasteiger partial charge is 0.380 e. The lowest BCUT2D eigenvalue weighted by Gasteiger charge is -2.30. The highest BCUT2D eigenvalue weighted by atomic mass is 16.3. The number of aliphatic hydroxyl groups excluding tert-OH is 1. The molecule has 0 spiro atoms. The van der Waals surface area contributed by atoms with E-state index in [0.717, 1.165) is 12.3 Å². The van der Waals surface area contributed by atoms with Crippen LogP contribution in [0.15, 0.2) is 23.8 Å². The molecule has 0 radical (unpaired) electrons. The predicted octanol–water partition coefficient (Wildman–Crippen LogP) is 2.67. The van der Waals surface area contributed by atoms with Gasteiger partial charge in [0.05, 0.1) is 0 Å². The summed E-state index contributed by atoms with van der Waals surface area (Å²) in [5, 5.41) is 9.82. The Bertz CT molecular complexity index is 340. The molecule has 0 aromatic carbocycles. The molecule has 0 aliphatic heterocycles.